The van der Waals surface area contributed by atoms with Gasteiger partial charge in [-0.2, -0.15) is 0 Å². The van der Waals surface area contributed by atoms with E-state index >= 15 is 0 Å². The molecule has 24 heavy (non-hydrogen) atoms. The number of carbonyl (C=O) groups is 1. The van der Waals surface area contributed by atoms with Crippen molar-refractivity contribution in [3.63, 3.8) is 0 Å². The molecule has 0 spiro atoms. The smallest absolute Gasteiger partial charge is 0.234 e. The predicted molar refractivity (Wildman–Crippen MR) is 96.7 cm³/mol. The monoisotopic (exact) mass is 346 g/mol. The summed E-state index contributed by atoms with van der Waals surface area (Å²) in [4.78, 5) is 15.9. The molecular formula is C19H26N2O2S. The summed E-state index contributed by atoms with van der Waals surface area (Å²) in [6, 6.07) is 8.36. The lowest BCUT2D eigenvalue weighted by atomic mass is 9.87. The third-order valence-electron chi connectivity index (χ3n) is 4.67. The molecule has 4 nitrogen and oxygen atoms in total. The van der Waals surface area contributed by atoms with Crippen LogP contribution in [-0.4, -0.2) is 23.4 Å². The molecule has 1 N–H and O–H groups in total. The van der Waals surface area contributed by atoms with E-state index in [9.17, 15) is 4.79 Å². The fourth-order valence-corrected chi connectivity index (χ4v) is 4.04. The van der Waals surface area contributed by atoms with Crippen molar-refractivity contribution in [2.45, 2.75) is 51.7 Å². The van der Waals surface area contributed by atoms with E-state index in [1.54, 1.807) is 17.6 Å². The van der Waals surface area contributed by atoms with Crippen LogP contribution in [0.25, 0.3) is 0 Å². The Kier molecular flexibility index (Phi) is 6.10. The van der Waals surface area contributed by atoms with Gasteiger partial charge in [0.1, 0.15) is 5.76 Å². The Morgan fingerprint density at radius 3 is 2.75 bits per heavy atom. The minimum atomic E-state index is 0.123. The standard InChI is InChI=1S/C19H26N2O2S/c1-15-6-8-16(9-7-15)20-19(22)14-21(12-17-4-2-10-23-17)13-18-5-3-11-24-18/h2-5,10-11,15-16H,6-9,12-14H2,1H3,(H,20,22). The Morgan fingerprint density at radius 2 is 2.08 bits per heavy atom. The molecule has 0 aliphatic heterocycles. The average Bonchev–Trinajstić information content (AvgIpc) is 3.23. The molecule has 3 rings (SSSR count). The van der Waals surface area contributed by atoms with Gasteiger partial charge in [-0.15, -0.1) is 11.3 Å². The molecular weight excluding hydrogens is 320 g/mol. The van der Waals surface area contributed by atoms with E-state index in [2.05, 4.69) is 28.6 Å². The molecule has 1 saturated carbocycles. The summed E-state index contributed by atoms with van der Waals surface area (Å²) in [5.74, 6) is 1.82. The largest absolute Gasteiger partial charge is 0.468 e. The van der Waals surface area contributed by atoms with E-state index in [4.69, 9.17) is 4.42 Å². The fraction of sp³-hybridized carbons (Fsp3) is 0.526. The van der Waals surface area contributed by atoms with Gasteiger partial charge >= 0.3 is 0 Å². The summed E-state index contributed by atoms with van der Waals surface area (Å²) in [6.45, 7) is 4.13. The van der Waals surface area contributed by atoms with Gasteiger partial charge in [-0.1, -0.05) is 13.0 Å². The van der Waals surface area contributed by atoms with Gasteiger partial charge in [-0.05, 0) is 55.2 Å². The quantitative estimate of drug-likeness (QED) is 0.823. The number of nitrogens with zero attached hydrogens (tertiary/aromatic N) is 1. The Hall–Kier alpha value is -1.59. The Morgan fingerprint density at radius 1 is 1.25 bits per heavy atom. The van der Waals surface area contributed by atoms with Gasteiger partial charge in [-0.25, -0.2) is 0 Å². The van der Waals surface area contributed by atoms with Crippen molar-refractivity contribution >= 4 is 17.2 Å². The van der Waals surface area contributed by atoms with Crippen LogP contribution in [0.1, 0.15) is 43.2 Å². The number of nitrogens with one attached hydrogen (secondary N) is 1. The average molecular weight is 346 g/mol. The molecule has 0 bridgehead atoms. The van der Waals surface area contributed by atoms with Crippen LogP contribution in [0.2, 0.25) is 0 Å². The van der Waals surface area contributed by atoms with Gasteiger partial charge in [0.2, 0.25) is 5.91 Å². The first-order chi connectivity index (χ1) is 11.7. The first-order valence-corrected chi connectivity index (χ1v) is 9.63. The van der Waals surface area contributed by atoms with E-state index in [1.807, 2.05) is 18.2 Å². The highest BCUT2D eigenvalue weighted by molar-refractivity contribution is 7.09. The van der Waals surface area contributed by atoms with Crippen LogP contribution in [0.3, 0.4) is 0 Å². The van der Waals surface area contributed by atoms with Gasteiger partial charge in [0.05, 0.1) is 19.4 Å². The van der Waals surface area contributed by atoms with Crippen molar-refractivity contribution in [2.24, 2.45) is 5.92 Å². The lowest BCUT2D eigenvalue weighted by molar-refractivity contribution is -0.123. The molecule has 130 valence electrons. The van der Waals surface area contributed by atoms with Crippen molar-refractivity contribution in [1.29, 1.82) is 0 Å². The predicted octanol–water partition coefficient (Wildman–Crippen LogP) is 4.04. The topological polar surface area (TPSA) is 45.5 Å². The van der Waals surface area contributed by atoms with Crippen LogP contribution in [-0.2, 0) is 17.9 Å². The van der Waals surface area contributed by atoms with E-state index in [1.165, 1.54) is 17.7 Å². The molecule has 2 aromatic heterocycles. The molecule has 0 atom stereocenters. The third-order valence-corrected chi connectivity index (χ3v) is 5.53. The molecule has 0 aromatic carbocycles. The van der Waals surface area contributed by atoms with Gasteiger partial charge in [0.15, 0.2) is 0 Å². The highest BCUT2D eigenvalue weighted by Gasteiger charge is 2.21. The zero-order valence-electron chi connectivity index (χ0n) is 14.2. The lowest BCUT2D eigenvalue weighted by Gasteiger charge is -2.28. The van der Waals surface area contributed by atoms with Crippen LogP contribution in [0, 0.1) is 5.92 Å². The molecule has 0 unspecified atom stereocenters. The van der Waals surface area contributed by atoms with Crippen LogP contribution < -0.4 is 5.32 Å². The SMILES string of the molecule is CC1CCC(NC(=O)CN(Cc2ccco2)Cc2cccs2)CC1. The van der Waals surface area contributed by atoms with E-state index in [0.29, 0.717) is 19.1 Å². The summed E-state index contributed by atoms with van der Waals surface area (Å²) < 4.78 is 5.46. The fourth-order valence-electron chi connectivity index (χ4n) is 3.29. The summed E-state index contributed by atoms with van der Waals surface area (Å²) in [5.41, 5.74) is 0. The van der Waals surface area contributed by atoms with Crippen molar-refractivity contribution in [3.05, 3.63) is 46.5 Å². The normalized spacial score (nSPS) is 21.1. The van der Waals surface area contributed by atoms with Crippen LogP contribution >= 0.6 is 11.3 Å². The van der Waals surface area contributed by atoms with Gasteiger partial charge in [0, 0.05) is 17.5 Å². The van der Waals surface area contributed by atoms with Crippen molar-refractivity contribution in [1.82, 2.24) is 10.2 Å². The van der Waals surface area contributed by atoms with Crippen LogP contribution in [0.5, 0.6) is 0 Å². The summed E-state index contributed by atoms with van der Waals surface area (Å²) >= 11 is 1.72. The molecule has 1 aliphatic rings. The van der Waals surface area contributed by atoms with Crippen LogP contribution in [0.4, 0.5) is 0 Å². The van der Waals surface area contributed by atoms with Gasteiger partial charge in [-0.3, -0.25) is 9.69 Å². The maximum Gasteiger partial charge on any atom is 0.234 e. The molecule has 0 saturated heterocycles. The summed E-state index contributed by atoms with van der Waals surface area (Å²) in [5, 5.41) is 5.29. The van der Waals surface area contributed by atoms with Crippen molar-refractivity contribution in [2.75, 3.05) is 6.54 Å². The van der Waals surface area contributed by atoms with E-state index in [0.717, 1.165) is 31.1 Å². The molecule has 5 heteroatoms. The lowest BCUT2D eigenvalue weighted by Crippen LogP contribution is -2.43. The van der Waals surface area contributed by atoms with Crippen molar-refractivity contribution in [3.8, 4) is 0 Å². The molecule has 2 heterocycles. The number of rotatable bonds is 7. The number of thiophene rings is 1. The summed E-state index contributed by atoms with van der Waals surface area (Å²) in [7, 11) is 0. The second-order valence-corrected chi connectivity index (χ2v) is 7.86. The molecule has 0 radical (unpaired) electrons. The van der Waals surface area contributed by atoms with Crippen molar-refractivity contribution < 1.29 is 9.21 Å². The number of furan rings is 1. The molecule has 2 aromatic rings. The highest BCUT2D eigenvalue weighted by Crippen LogP contribution is 2.23. The molecule has 1 aliphatic carbocycles. The van der Waals surface area contributed by atoms with E-state index in [-0.39, 0.29) is 5.91 Å². The number of carbonyl (C=O) groups excluding carboxylic acids is 1. The molecule has 1 amide bonds. The van der Waals surface area contributed by atoms with Crippen LogP contribution in [0.15, 0.2) is 40.3 Å². The Bertz CT molecular complexity index is 565. The third kappa shape index (κ3) is 5.21. The highest BCUT2D eigenvalue weighted by atomic mass is 32.1. The first-order valence-electron chi connectivity index (χ1n) is 8.75. The Labute approximate surface area is 147 Å². The van der Waals surface area contributed by atoms with E-state index < -0.39 is 0 Å². The second-order valence-electron chi connectivity index (χ2n) is 6.83. The number of hydrogen-bond acceptors (Lipinski definition) is 4. The number of amides is 1. The molecule has 1 fully saturated rings. The summed E-state index contributed by atoms with van der Waals surface area (Å²) in [6.07, 6.45) is 6.33. The van der Waals surface area contributed by atoms with Gasteiger partial charge < -0.3 is 9.73 Å². The maximum absolute atomic E-state index is 12.5. The second kappa shape index (κ2) is 8.49. The first kappa shape index (κ1) is 17.2. The minimum absolute atomic E-state index is 0.123. The zero-order valence-corrected chi connectivity index (χ0v) is 15.1. The zero-order chi connectivity index (χ0) is 16.8. The minimum Gasteiger partial charge on any atom is -0.468 e. The maximum atomic E-state index is 12.5. The Balaban J connectivity index is 1.54. The number of hydrogen-bond donors (Lipinski definition) is 1. The van der Waals surface area contributed by atoms with Gasteiger partial charge in [0.25, 0.3) is 0 Å².